The van der Waals surface area contributed by atoms with E-state index in [1.165, 1.54) is 6.07 Å². The monoisotopic (exact) mass is 546 g/mol. The highest BCUT2D eigenvalue weighted by atomic mass is 32.2. The second-order valence-electron chi connectivity index (χ2n) is 10.4. The van der Waals surface area contributed by atoms with Crippen molar-refractivity contribution in [3.8, 4) is 0 Å². The van der Waals surface area contributed by atoms with Gasteiger partial charge in [0.25, 0.3) is 5.91 Å². The van der Waals surface area contributed by atoms with E-state index in [-0.39, 0.29) is 40.3 Å². The summed E-state index contributed by atoms with van der Waals surface area (Å²) in [6, 6.07) is 10.1. The largest absolute Gasteiger partial charge is 0.433 e. The van der Waals surface area contributed by atoms with Crippen LogP contribution >= 0.6 is 0 Å². The summed E-state index contributed by atoms with van der Waals surface area (Å²) >= 11 is 0. The van der Waals surface area contributed by atoms with Gasteiger partial charge in [0.15, 0.2) is 15.6 Å². The Kier molecular flexibility index (Phi) is 8.22. The third kappa shape index (κ3) is 5.91. The van der Waals surface area contributed by atoms with Gasteiger partial charge in [0.05, 0.1) is 16.7 Å². The highest BCUT2D eigenvalue weighted by Crippen LogP contribution is 2.36. The van der Waals surface area contributed by atoms with E-state index < -0.39 is 32.6 Å². The summed E-state index contributed by atoms with van der Waals surface area (Å²) in [5.41, 5.74) is 0. The van der Waals surface area contributed by atoms with Gasteiger partial charge < -0.3 is 19.5 Å². The maximum atomic E-state index is 13.4. The van der Waals surface area contributed by atoms with Gasteiger partial charge in [-0.3, -0.25) is 19.7 Å². The number of nitrogens with zero attached hydrogens (tertiary/aromatic N) is 3. The summed E-state index contributed by atoms with van der Waals surface area (Å²) in [4.78, 5) is 40.3. The molecule has 1 saturated heterocycles. The number of rotatable bonds is 9. The van der Waals surface area contributed by atoms with E-state index in [2.05, 4.69) is 24.1 Å². The molecule has 38 heavy (non-hydrogen) atoms. The standard InChI is InChI=1S/C26H34N4O7S/c1-17(2)28(3)19-9-10-22(18(15-19)16-38(35,36)20-7-5-4-6-8-20)29-14-13-21(26(29)32)27-25(31)23-11-12-24(37-23)30(33)34/h4-8,11-12,17-19,21-22H,9-10,13-16H2,1-3H3,(H,27,31)/t18-,19+,21?,22-/m0/s1. The van der Waals surface area contributed by atoms with Gasteiger partial charge in [0.1, 0.15) is 11.0 Å². The Morgan fingerprint density at radius 3 is 2.53 bits per heavy atom. The van der Waals surface area contributed by atoms with Gasteiger partial charge in [0, 0.05) is 24.7 Å². The van der Waals surface area contributed by atoms with Crippen LogP contribution in [0.3, 0.4) is 0 Å². The summed E-state index contributed by atoms with van der Waals surface area (Å²) in [5, 5.41) is 13.5. The topological polar surface area (TPSA) is 143 Å². The summed E-state index contributed by atoms with van der Waals surface area (Å²) in [6.07, 6.45) is 2.49. The van der Waals surface area contributed by atoms with Gasteiger partial charge in [-0.2, -0.15) is 0 Å². The van der Waals surface area contributed by atoms with Crippen molar-refractivity contribution in [2.45, 2.75) is 68.6 Å². The molecule has 0 spiro atoms. The molecule has 1 saturated carbocycles. The van der Waals surface area contributed by atoms with Crippen molar-refractivity contribution in [1.82, 2.24) is 15.1 Å². The predicted octanol–water partition coefficient (Wildman–Crippen LogP) is 2.87. The Bertz CT molecular complexity index is 1280. The normalized spacial score (nSPS) is 24.2. The lowest BCUT2D eigenvalue weighted by Crippen LogP contribution is -2.53. The van der Waals surface area contributed by atoms with Crippen molar-refractivity contribution in [3.05, 3.63) is 58.3 Å². The average Bonchev–Trinajstić information content (AvgIpc) is 3.52. The molecule has 1 N–H and O–H groups in total. The Morgan fingerprint density at radius 1 is 1.18 bits per heavy atom. The zero-order chi connectivity index (χ0) is 27.6. The van der Waals surface area contributed by atoms with E-state index in [0.717, 1.165) is 12.5 Å². The molecule has 11 nitrogen and oxygen atoms in total. The first-order valence-electron chi connectivity index (χ1n) is 12.8. The van der Waals surface area contributed by atoms with Crippen LogP contribution < -0.4 is 5.32 Å². The summed E-state index contributed by atoms with van der Waals surface area (Å²) in [5.74, 6) is -2.12. The van der Waals surface area contributed by atoms with E-state index in [0.29, 0.717) is 31.8 Å². The third-order valence-corrected chi connectivity index (χ3v) is 9.64. The quantitative estimate of drug-likeness (QED) is 0.374. The molecule has 0 bridgehead atoms. The minimum Gasteiger partial charge on any atom is -0.395 e. The molecule has 1 aromatic carbocycles. The molecule has 4 rings (SSSR count). The molecule has 206 valence electrons. The SMILES string of the molecule is CC(C)N(C)[C@@H]1CC[C@H](N2CCC(NC(=O)c3ccc([N+](=O)[O-])o3)C2=O)[C@H](CS(=O)(=O)c2ccccc2)C1. The minimum absolute atomic E-state index is 0.0685. The van der Waals surface area contributed by atoms with E-state index in [1.807, 2.05) is 7.05 Å². The molecule has 2 aromatic rings. The fourth-order valence-corrected chi connectivity index (χ4v) is 7.24. The number of carbonyl (C=O) groups excluding carboxylic acids is 2. The van der Waals surface area contributed by atoms with Gasteiger partial charge >= 0.3 is 5.88 Å². The van der Waals surface area contributed by atoms with Crippen LogP contribution in [0.15, 0.2) is 51.8 Å². The molecule has 1 aliphatic heterocycles. The van der Waals surface area contributed by atoms with E-state index in [4.69, 9.17) is 4.42 Å². The Morgan fingerprint density at radius 2 is 1.89 bits per heavy atom. The lowest BCUT2D eigenvalue weighted by Gasteiger charge is -2.44. The number of furan rings is 1. The molecule has 2 fully saturated rings. The molecular weight excluding hydrogens is 512 g/mol. The summed E-state index contributed by atoms with van der Waals surface area (Å²) in [6.45, 7) is 4.60. The molecule has 0 radical (unpaired) electrons. The van der Waals surface area contributed by atoms with Crippen LogP contribution in [0.5, 0.6) is 0 Å². The maximum absolute atomic E-state index is 13.4. The van der Waals surface area contributed by atoms with E-state index >= 15 is 0 Å². The highest BCUT2D eigenvalue weighted by molar-refractivity contribution is 7.91. The van der Waals surface area contributed by atoms with Gasteiger partial charge in [-0.15, -0.1) is 0 Å². The minimum atomic E-state index is -3.58. The van der Waals surface area contributed by atoms with Crippen molar-refractivity contribution < 1.29 is 27.3 Å². The number of hydrogen-bond donors (Lipinski definition) is 1. The number of sulfone groups is 1. The molecule has 2 heterocycles. The van der Waals surface area contributed by atoms with Crippen molar-refractivity contribution in [1.29, 1.82) is 0 Å². The molecule has 4 atom stereocenters. The molecule has 2 aliphatic rings. The van der Waals surface area contributed by atoms with Crippen LogP contribution in [0.25, 0.3) is 0 Å². The number of nitro groups is 1. The van der Waals surface area contributed by atoms with Gasteiger partial charge in [0.2, 0.25) is 5.91 Å². The molecule has 12 heteroatoms. The van der Waals surface area contributed by atoms with Crippen molar-refractivity contribution in [2.75, 3.05) is 19.3 Å². The summed E-state index contributed by atoms with van der Waals surface area (Å²) < 4.78 is 31.6. The third-order valence-electron chi connectivity index (χ3n) is 7.78. The van der Waals surface area contributed by atoms with Crippen LogP contribution in [0, 0.1) is 16.0 Å². The first kappa shape index (κ1) is 27.8. The zero-order valence-corrected chi connectivity index (χ0v) is 22.6. The molecule has 1 aliphatic carbocycles. The highest BCUT2D eigenvalue weighted by Gasteiger charge is 2.44. The predicted molar refractivity (Wildman–Crippen MR) is 139 cm³/mol. The van der Waals surface area contributed by atoms with Gasteiger partial charge in [-0.1, -0.05) is 18.2 Å². The first-order valence-corrected chi connectivity index (χ1v) is 14.5. The van der Waals surface area contributed by atoms with Crippen LogP contribution in [-0.4, -0.2) is 78.5 Å². The van der Waals surface area contributed by atoms with Crippen LogP contribution in [-0.2, 0) is 14.6 Å². The lowest BCUT2D eigenvalue weighted by atomic mass is 9.81. The Labute approximate surface area is 222 Å². The van der Waals surface area contributed by atoms with Gasteiger partial charge in [-0.25, -0.2) is 8.42 Å². The second-order valence-corrected chi connectivity index (χ2v) is 12.4. The fourth-order valence-electron chi connectivity index (χ4n) is 5.55. The van der Waals surface area contributed by atoms with Crippen molar-refractivity contribution >= 4 is 27.5 Å². The van der Waals surface area contributed by atoms with Crippen LogP contribution in [0.4, 0.5) is 5.88 Å². The van der Waals surface area contributed by atoms with Crippen molar-refractivity contribution in [2.24, 2.45) is 5.92 Å². The van der Waals surface area contributed by atoms with E-state index in [9.17, 15) is 28.1 Å². The molecule has 1 unspecified atom stereocenters. The number of likely N-dealkylation sites (tertiary alicyclic amines) is 1. The zero-order valence-electron chi connectivity index (χ0n) is 21.8. The van der Waals surface area contributed by atoms with Crippen LogP contribution in [0.2, 0.25) is 0 Å². The fraction of sp³-hybridized carbons (Fsp3) is 0.538. The number of hydrogen-bond acceptors (Lipinski definition) is 8. The number of nitrogens with one attached hydrogen (secondary N) is 1. The first-order chi connectivity index (χ1) is 18.0. The Balaban J connectivity index is 1.51. The molecular formula is C26H34N4O7S. The second kappa shape index (κ2) is 11.2. The number of amides is 2. The molecule has 1 aromatic heterocycles. The average molecular weight is 547 g/mol. The lowest BCUT2D eigenvalue weighted by molar-refractivity contribution is -0.402. The van der Waals surface area contributed by atoms with Gasteiger partial charge in [-0.05, 0) is 70.7 Å². The summed E-state index contributed by atoms with van der Waals surface area (Å²) in [7, 11) is -1.53. The molecule has 2 amide bonds. The van der Waals surface area contributed by atoms with E-state index in [1.54, 1.807) is 35.2 Å². The number of carbonyl (C=O) groups is 2. The number of benzene rings is 1. The van der Waals surface area contributed by atoms with Crippen molar-refractivity contribution in [3.63, 3.8) is 0 Å². The Hall–Kier alpha value is -3.25. The van der Waals surface area contributed by atoms with Crippen LogP contribution in [0.1, 0.15) is 50.1 Å². The maximum Gasteiger partial charge on any atom is 0.433 e. The smallest absolute Gasteiger partial charge is 0.395 e.